The monoisotopic (exact) mass is 691 g/mol. The normalized spacial score (nSPS) is 21.0. The maximum atomic E-state index is 13.0. The number of pyridine rings is 1. The van der Waals surface area contributed by atoms with E-state index in [1.54, 1.807) is 18.0 Å². The van der Waals surface area contributed by atoms with E-state index in [1.807, 2.05) is 91.0 Å². The van der Waals surface area contributed by atoms with Gasteiger partial charge in [0.15, 0.2) is 6.29 Å². The SMILES string of the molecule is O=C(NCc1cccc(-c2ccc(C3OC(CSc4ccccn4)CC(c4ccc(CO)cc4)O3)cc2)c1)C1CCCN1C(=O)C(F)(F)F. The van der Waals surface area contributed by atoms with Gasteiger partial charge in [-0.1, -0.05) is 72.8 Å². The van der Waals surface area contributed by atoms with Crippen molar-refractivity contribution in [3.8, 4) is 11.1 Å². The van der Waals surface area contributed by atoms with E-state index in [4.69, 9.17) is 9.47 Å². The number of amides is 2. The fraction of sp³-hybridized carbons (Fsp3) is 0.324. The average molecular weight is 692 g/mol. The van der Waals surface area contributed by atoms with Crippen molar-refractivity contribution in [1.29, 1.82) is 0 Å². The summed E-state index contributed by atoms with van der Waals surface area (Å²) in [6.07, 6.45) is -2.99. The van der Waals surface area contributed by atoms with E-state index >= 15 is 0 Å². The summed E-state index contributed by atoms with van der Waals surface area (Å²) in [5, 5.41) is 13.1. The molecule has 12 heteroatoms. The summed E-state index contributed by atoms with van der Waals surface area (Å²) in [6, 6.07) is 27.8. The Kier molecular flexibility index (Phi) is 11.0. The minimum absolute atomic E-state index is 0.0303. The Morgan fingerprint density at radius 3 is 2.41 bits per heavy atom. The van der Waals surface area contributed by atoms with Gasteiger partial charge in [0, 0.05) is 37.0 Å². The third-order valence-corrected chi connectivity index (χ3v) is 9.71. The first-order valence-corrected chi connectivity index (χ1v) is 17.1. The number of halogens is 3. The van der Waals surface area contributed by atoms with Crippen LogP contribution in [0.15, 0.2) is 102 Å². The molecule has 3 aromatic carbocycles. The molecule has 6 rings (SSSR count). The molecule has 2 aliphatic rings. The van der Waals surface area contributed by atoms with E-state index in [0.29, 0.717) is 23.5 Å². The molecule has 256 valence electrons. The molecule has 3 heterocycles. The molecule has 2 N–H and O–H groups in total. The molecule has 8 nitrogen and oxygen atoms in total. The molecule has 0 bridgehead atoms. The molecule has 0 saturated carbocycles. The number of aliphatic hydroxyl groups is 1. The highest BCUT2D eigenvalue weighted by Gasteiger charge is 2.47. The number of hydrogen-bond donors (Lipinski definition) is 2. The Bertz CT molecular complexity index is 1720. The topological polar surface area (TPSA) is 101 Å². The second-order valence-corrected chi connectivity index (χ2v) is 13.1. The molecule has 0 radical (unpaired) electrons. The number of nitrogens with zero attached hydrogens (tertiary/aromatic N) is 2. The van der Waals surface area contributed by atoms with Gasteiger partial charge in [0.25, 0.3) is 0 Å². The zero-order valence-electron chi connectivity index (χ0n) is 26.5. The van der Waals surface area contributed by atoms with Gasteiger partial charge in [0.05, 0.1) is 23.8 Å². The van der Waals surface area contributed by atoms with Crippen LogP contribution in [0.25, 0.3) is 11.1 Å². The predicted octanol–water partition coefficient (Wildman–Crippen LogP) is 6.75. The second kappa shape index (κ2) is 15.5. The zero-order chi connectivity index (χ0) is 34.4. The maximum Gasteiger partial charge on any atom is 0.471 e. The lowest BCUT2D eigenvalue weighted by Gasteiger charge is -2.36. The summed E-state index contributed by atoms with van der Waals surface area (Å²) in [5.74, 6) is -1.89. The standard InChI is InChI=1S/C37H36F3N3O5S/c38-37(39,40)36(46)43-18-4-7-31(43)34(45)42-21-25-5-3-6-29(19-25)26-13-15-28(16-14-26)35-47-30(23-49-33-8-1-2-17-41-33)20-32(48-35)27-11-9-24(22-44)10-12-27/h1-3,5-6,8-17,19,30-32,35,44H,4,7,18,20-23H2,(H,42,45). The Balaban J connectivity index is 1.12. The Morgan fingerprint density at radius 1 is 0.918 bits per heavy atom. The van der Waals surface area contributed by atoms with Crippen LogP contribution < -0.4 is 5.32 Å². The van der Waals surface area contributed by atoms with Crippen LogP contribution in [0, 0.1) is 0 Å². The number of aromatic nitrogens is 1. The quantitative estimate of drug-likeness (QED) is 0.178. The Labute approximate surface area is 286 Å². The number of ether oxygens (including phenoxy) is 2. The highest BCUT2D eigenvalue weighted by Crippen LogP contribution is 2.40. The van der Waals surface area contributed by atoms with Crippen LogP contribution in [0.2, 0.25) is 0 Å². The van der Waals surface area contributed by atoms with Crippen molar-refractivity contribution in [2.45, 2.75) is 68.2 Å². The van der Waals surface area contributed by atoms with Crippen molar-refractivity contribution in [3.63, 3.8) is 0 Å². The van der Waals surface area contributed by atoms with E-state index in [0.717, 1.165) is 38.4 Å². The highest BCUT2D eigenvalue weighted by molar-refractivity contribution is 7.99. The number of thioether (sulfide) groups is 1. The zero-order valence-corrected chi connectivity index (χ0v) is 27.3. The van der Waals surface area contributed by atoms with Gasteiger partial charge in [-0.05, 0) is 58.9 Å². The minimum atomic E-state index is -5.02. The molecule has 1 aromatic heterocycles. The number of nitrogens with one attached hydrogen (secondary N) is 1. The lowest BCUT2D eigenvalue weighted by atomic mass is 9.99. The van der Waals surface area contributed by atoms with Crippen molar-refractivity contribution in [2.75, 3.05) is 12.3 Å². The van der Waals surface area contributed by atoms with E-state index < -0.39 is 30.3 Å². The van der Waals surface area contributed by atoms with Crippen LogP contribution in [-0.2, 0) is 32.2 Å². The number of carbonyl (C=O) groups excluding carboxylic acids is 2. The lowest BCUT2D eigenvalue weighted by Crippen LogP contribution is -2.50. The first-order chi connectivity index (χ1) is 23.7. The molecule has 0 aliphatic carbocycles. The molecule has 2 saturated heterocycles. The third-order valence-electron chi connectivity index (χ3n) is 8.64. The minimum Gasteiger partial charge on any atom is -0.392 e. The molecule has 4 atom stereocenters. The number of benzene rings is 3. The number of aliphatic hydroxyl groups excluding tert-OH is 1. The smallest absolute Gasteiger partial charge is 0.392 e. The fourth-order valence-electron chi connectivity index (χ4n) is 6.08. The highest BCUT2D eigenvalue weighted by atomic mass is 32.2. The Hall–Kier alpha value is -4.23. The van der Waals surface area contributed by atoms with E-state index in [1.165, 1.54) is 0 Å². The Morgan fingerprint density at radius 2 is 1.69 bits per heavy atom. The van der Waals surface area contributed by atoms with E-state index in [2.05, 4.69) is 10.3 Å². The maximum absolute atomic E-state index is 13.0. The first kappa shape index (κ1) is 34.6. The third kappa shape index (κ3) is 8.69. The molecule has 2 aliphatic heterocycles. The van der Waals surface area contributed by atoms with Gasteiger partial charge in [-0.2, -0.15) is 13.2 Å². The van der Waals surface area contributed by atoms with Crippen LogP contribution in [0.5, 0.6) is 0 Å². The lowest BCUT2D eigenvalue weighted by molar-refractivity contribution is -0.245. The number of likely N-dealkylation sites (tertiary alicyclic amines) is 1. The van der Waals surface area contributed by atoms with Gasteiger partial charge in [-0.15, -0.1) is 11.8 Å². The van der Waals surface area contributed by atoms with Crippen LogP contribution in [0.4, 0.5) is 13.2 Å². The fourth-order valence-corrected chi connectivity index (χ4v) is 6.96. The molecular weight excluding hydrogens is 655 g/mol. The van der Waals surface area contributed by atoms with Crippen molar-refractivity contribution < 1.29 is 37.3 Å². The first-order valence-electron chi connectivity index (χ1n) is 16.1. The largest absolute Gasteiger partial charge is 0.471 e. The number of hydrogen-bond acceptors (Lipinski definition) is 7. The van der Waals surface area contributed by atoms with Crippen molar-refractivity contribution >= 4 is 23.6 Å². The average Bonchev–Trinajstić information content (AvgIpc) is 3.63. The van der Waals surface area contributed by atoms with Crippen LogP contribution in [0.1, 0.15) is 53.9 Å². The summed E-state index contributed by atoms with van der Waals surface area (Å²) >= 11 is 1.63. The van der Waals surface area contributed by atoms with E-state index in [9.17, 15) is 27.9 Å². The van der Waals surface area contributed by atoms with Gasteiger partial charge < -0.3 is 24.8 Å². The molecule has 4 unspecified atom stereocenters. The predicted molar refractivity (Wildman–Crippen MR) is 178 cm³/mol. The molecule has 2 amide bonds. The molecule has 49 heavy (non-hydrogen) atoms. The second-order valence-electron chi connectivity index (χ2n) is 12.0. The number of carbonyl (C=O) groups is 2. The van der Waals surface area contributed by atoms with Gasteiger partial charge >= 0.3 is 12.1 Å². The molecule has 2 fully saturated rings. The number of rotatable bonds is 10. The van der Waals surface area contributed by atoms with Gasteiger partial charge in [0.2, 0.25) is 5.91 Å². The van der Waals surface area contributed by atoms with E-state index in [-0.39, 0.29) is 38.3 Å². The van der Waals surface area contributed by atoms with Crippen LogP contribution in [0.3, 0.4) is 0 Å². The van der Waals surface area contributed by atoms with Crippen molar-refractivity contribution in [1.82, 2.24) is 15.2 Å². The van der Waals surface area contributed by atoms with Gasteiger partial charge in [-0.3, -0.25) is 9.59 Å². The summed E-state index contributed by atoms with van der Waals surface area (Å²) in [6.45, 7) is -0.0167. The van der Waals surface area contributed by atoms with Crippen LogP contribution in [-0.4, -0.2) is 57.4 Å². The van der Waals surface area contributed by atoms with Gasteiger partial charge in [0.1, 0.15) is 6.04 Å². The summed E-state index contributed by atoms with van der Waals surface area (Å²) in [7, 11) is 0. The summed E-state index contributed by atoms with van der Waals surface area (Å²) < 4.78 is 51.9. The number of alkyl halides is 3. The molecular formula is C37H36F3N3O5S. The summed E-state index contributed by atoms with van der Waals surface area (Å²) in [4.78, 5) is 29.6. The van der Waals surface area contributed by atoms with Crippen molar-refractivity contribution in [2.24, 2.45) is 0 Å². The van der Waals surface area contributed by atoms with Crippen LogP contribution >= 0.6 is 11.8 Å². The van der Waals surface area contributed by atoms with Gasteiger partial charge in [-0.25, -0.2) is 4.98 Å². The molecule has 4 aromatic rings. The van der Waals surface area contributed by atoms with Crippen molar-refractivity contribution in [3.05, 3.63) is 119 Å². The molecule has 0 spiro atoms. The summed E-state index contributed by atoms with van der Waals surface area (Å²) in [5.41, 5.74) is 5.27.